The van der Waals surface area contributed by atoms with Crippen molar-refractivity contribution in [2.75, 3.05) is 12.4 Å². The van der Waals surface area contributed by atoms with Crippen LogP contribution in [0.1, 0.15) is 16.3 Å². The number of carbonyl (C=O) groups excluding carboxylic acids is 1. The van der Waals surface area contributed by atoms with E-state index in [1.54, 1.807) is 25.4 Å². The molecule has 29 heavy (non-hydrogen) atoms. The van der Waals surface area contributed by atoms with E-state index in [1.807, 2.05) is 55.5 Å². The van der Waals surface area contributed by atoms with Gasteiger partial charge in [-0.1, -0.05) is 29.4 Å². The summed E-state index contributed by atoms with van der Waals surface area (Å²) in [6.07, 6.45) is 1.71. The summed E-state index contributed by atoms with van der Waals surface area (Å²) < 4.78 is 10.7. The molecule has 7 nitrogen and oxygen atoms in total. The van der Waals surface area contributed by atoms with Crippen molar-refractivity contribution in [1.29, 1.82) is 0 Å². The van der Waals surface area contributed by atoms with Crippen LogP contribution in [0.25, 0.3) is 22.6 Å². The number of amides is 1. The molecule has 2 aromatic heterocycles. The number of aryl methyl sites for hydroxylation is 1. The van der Waals surface area contributed by atoms with Crippen molar-refractivity contribution < 1.29 is 14.1 Å². The van der Waals surface area contributed by atoms with E-state index in [1.165, 1.54) is 0 Å². The number of carbonyl (C=O) groups is 1. The number of aromatic nitrogens is 3. The summed E-state index contributed by atoms with van der Waals surface area (Å²) in [5, 5.41) is 6.73. The van der Waals surface area contributed by atoms with Crippen molar-refractivity contribution in [3.63, 3.8) is 0 Å². The largest absolute Gasteiger partial charge is 0.496 e. The maximum Gasteiger partial charge on any atom is 0.277 e. The highest BCUT2D eigenvalue weighted by Gasteiger charge is 2.16. The van der Waals surface area contributed by atoms with Gasteiger partial charge in [0.2, 0.25) is 0 Å². The highest BCUT2D eigenvalue weighted by molar-refractivity contribution is 6.03. The Morgan fingerprint density at radius 2 is 1.93 bits per heavy atom. The van der Waals surface area contributed by atoms with Crippen LogP contribution in [-0.2, 0) is 0 Å². The number of anilines is 1. The summed E-state index contributed by atoms with van der Waals surface area (Å²) in [5.41, 5.74) is 3.19. The molecule has 1 amide bonds. The average molecular weight is 386 g/mol. The van der Waals surface area contributed by atoms with Gasteiger partial charge in [0.25, 0.3) is 5.91 Å². The molecule has 0 saturated carbocycles. The van der Waals surface area contributed by atoms with Gasteiger partial charge in [-0.25, -0.2) is 9.97 Å². The molecular weight excluding hydrogens is 368 g/mol. The van der Waals surface area contributed by atoms with Crippen molar-refractivity contribution in [2.24, 2.45) is 0 Å². The minimum Gasteiger partial charge on any atom is -0.496 e. The monoisotopic (exact) mass is 386 g/mol. The van der Waals surface area contributed by atoms with Gasteiger partial charge in [-0.2, -0.15) is 0 Å². The van der Waals surface area contributed by atoms with Crippen molar-refractivity contribution in [3.8, 4) is 28.3 Å². The van der Waals surface area contributed by atoms with Gasteiger partial charge in [0, 0.05) is 23.5 Å². The lowest BCUT2D eigenvalue weighted by atomic mass is 10.1. The number of nitrogens with zero attached hydrogens (tertiary/aromatic N) is 3. The molecule has 0 fully saturated rings. The first-order valence-corrected chi connectivity index (χ1v) is 8.95. The molecule has 0 unspecified atom stereocenters. The van der Waals surface area contributed by atoms with E-state index in [2.05, 4.69) is 20.4 Å². The quantitative estimate of drug-likeness (QED) is 0.548. The fourth-order valence-electron chi connectivity index (χ4n) is 2.93. The van der Waals surface area contributed by atoms with Crippen molar-refractivity contribution in [1.82, 2.24) is 15.1 Å². The van der Waals surface area contributed by atoms with Crippen LogP contribution < -0.4 is 10.1 Å². The van der Waals surface area contributed by atoms with Gasteiger partial charge in [0.1, 0.15) is 11.6 Å². The number of hydrogen-bond donors (Lipinski definition) is 1. The van der Waals surface area contributed by atoms with Gasteiger partial charge in [0.05, 0.1) is 18.4 Å². The van der Waals surface area contributed by atoms with Crippen LogP contribution in [0.5, 0.6) is 5.75 Å². The molecule has 0 atom stereocenters. The second-order valence-corrected chi connectivity index (χ2v) is 6.30. The number of nitrogens with one attached hydrogen (secondary N) is 1. The first-order valence-electron chi connectivity index (χ1n) is 8.95. The minimum absolute atomic E-state index is 0.175. The maximum absolute atomic E-state index is 12.6. The Bertz CT molecular complexity index is 1170. The molecule has 0 aliphatic heterocycles. The Balaban J connectivity index is 1.55. The smallest absolute Gasteiger partial charge is 0.277 e. The summed E-state index contributed by atoms with van der Waals surface area (Å²) in [6, 6.07) is 18.2. The van der Waals surface area contributed by atoms with Gasteiger partial charge < -0.3 is 14.6 Å². The molecule has 4 rings (SSSR count). The highest BCUT2D eigenvalue weighted by atomic mass is 16.5. The van der Waals surface area contributed by atoms with Crippen molar-refractivity contribution in [2.45, 2.75) is 6.92 Å². The summed E-state index contributed by atoms with van der Waals surface area (Å²) in [7, 11) is 1.58. The number of ether oxygens (including phenoxy) is 1. The maximum atomic E-state index is 12.6. The lowest BCUT2D eigenvalue weighted by Gasteiger charge is -2.06. The predicted molar refractivity (Wildman–Crippen MR) is 109 cm³/mol. The summed E-state index contributed by atoms with van der Waals surface area (Å²) in [4.78, 5) is 21.1. The molecule has 144 valence electrons. The zero-order valence-corrected chi connectivity index (χ0v) is 15.9. The molecule has 4 aromatic rings. The predicted octanol–water partition coefficient (Wildman–Crippen LogP) is 4.37. The van der Waals surface area contributed by atoms with Gasteiger partial charge in [-0.15, -0.1) is 0 Å². The second kappa shape index (κ2) is 7.93. The molecule has 1 N–H and O–H groups in total. The van der Waals surface area contributed by atoms with E-state index in [4.69, 9.17) is 9.26 Å². The average Bonchev–Trinajstić information content (AvgIpc) is 3.24. The van der Waals surface area contributed by atoms with Gasteiger partial charge in [-0.05, 0) is 37.3 Å². The van der Waals surface area contributed by atoms with Crippen LogP contribution in [0, 0.1) is 6.92 Å². The Labute approximate surface area is 167 Å². The van der Waals surface area contributed by atoms with Crippen LogP contribution >= 0.6 is 0 Å². The summed E-state index contributed by atoms with van der Waals surface area (Å²) >= 11 is 0. The van der Waals surface area contributed by atoms with Crippen LogP contribution in [0.2, 0.25) is 0 Å². The van der Waals surface area contributed by atoms with E-state index in [0.717, 1.165) is 16.8 Å². The fraction of sp³-hybridized carbons (Fsp3) is 0.0909. The molecule has 0 spiro atoms. The van der Waals surface area contributed by atoms with E-state index >= 15 is 0 Å². The summed E-state index contributed by atoms with van der Waals surface area (Å²) in [5.74, 6) is 1.41. The zero-order valence-electron chi connectivity index (χ0n) is 15.9. The second-order valence-electron chi connectivity index (χ2n) is 6.30. The SMILES string of the molecule is COc1ccccc1-c1cc(C(=O)Nc2cccc(-c3ccnc(C)n3)c2)no1. The van der Waals surface area contributed by atoms with Crippen LogP contribution in [0.3, 0.4) is 0 Å². The standard InChI is InChI=1S/C22H18N4O3/c1-14-23-11-10-18(24-14)15-6-5-7-16(12-15)25-22(27)19-13-21(29-26-19)17-8-3-4-9-20(17)28-2/h3-13H,1-2H3,(H,25,27). The van der Waals surface area contributed by atoms with Crippen molar-refractivity contribution in [3.05, 3.63) is 78.4 Å². The first kappa shape index (κ1) is 18.4. The normalized spacial score (nSPS) is 10.6. The molecule has 0 bridgehead atoms. The van der Waals surface area contributed by atoms with Gasteiger partial charge in [0.15, 0.2) is 11.5 Å². The first-order chi connectivity index (χ1) is 14.1. The Hall–Kier alpha value is -4.00. The fourth-order valence-corrected chi connectivity index (χ4v) is 2.93. The zero-order chi connectivity index (χ0) is 20.2. The molecule has 0 aliphatic rings. The number of benzene rings is 2. The third-order valence-corrected chi connectivity index (χ3v) is 4.31. The molecule has 2 heterocycles. The molecule has 2 aromatic carbocycles. The minimum atomic E-state index is -0.370. The molecular formula is C22H18N4O3. The van der Waals surface area contributed by atoms with E-state index in [9.17, 15) is 4.79 Å². The molecule has 0 saturated heterocycles. The van der Waals surface area contributed by atoms with Gasteiger partial charge >= 0.3 is 0 Å². The van der Waals surface area contributed by atoms with Crippen LogP contribution in [-0.4, -0.2) is 28.1 Å². The lowest BCUT2D eigenvalue weighted by Crippen LogP contribution is -2.12. The highest BCUT2D eigenvalue weighted by Crippen LogP contribution is 2.30. The number of rotatable bonds is 5. The topological polar surface area (TPSA) is 90.1 Å². The third kappa shape index (κ3) is 3.98. The van der Waals surface area contributed by atoms with E-state index in [-0.39, 0.29) is 11.6 Å². The number of para-hydroxylation sites is 1. The van der Waals surface area contributed by atoms with Gasteiger partial charge in [-0.3, -0.25) is 4.79 Å². The summed E-state index contributed by atoms with van der Waals surface area (Å²) in [6.45, 7) is 1.83. The Morgan fingerprint density at radius 3 is 2.76 bits per heavy atom. The lowest BCUT2D eigenvalue weighted by molar-refractivity contribution is 0.101. The number of hydrogen-bond acceptors (Lipinski definition) is 6. The Kier molecular flexibility index (Phi) is 5.03. The van der Waals surface area contributed by atoms with Crippen LogP contribution in [0.15, 0.2) is 71.4 Å². The van der Waals surface area contributed by atoms with E-state index < -0.39 is 0 Å². The number of methoxy groups -OCH3 is 1. The third-order valence-electron chi connectivity index (χ3n) is 4.31. The molecule has 0 aliphatic carbocycles. The van der Waals surface area contributed by atoms with Crippen molar-refractivity contribution >= 4 is 11.6 Å². The molecule has 0 radical (unpaired) electrons. The van der Waals surface area contributed by atoms with Crippen LogP contribution in [0.4, 0.5) is 5.69 Å². The molecule has 7 heteroatoms. The van der Waals surface area contributed by atoms with E-state index in [0.29, 0.717) is 23.0 Å². The Morgan fingerprint density at radius 1 is 1.07 bits per heavy atom.